The number of alkyl halides is 2. The van der Waals surface area contributed by atoms with Crippen LogP contribution in [0.4, 0.5) is 4.79 Å². The molecule has 234 valence electrons. The van der Waals surface area contributed by atoms with Crippen LogP contribution in [0.1, 0.15) is 63.9 Å². The van der Waals surface area contributed by atoms with Crippen LogP contribution in [0.25, 0.3) is 16.8 Å². The van der Waals surface area contributed by atoms with Crippen molar-refractivity contribution in [3.8, 4) is 11.3 Å². The number of hydrogen-bond donors (Lipinski definition) is 0. The molecule has 14 heteroatoms. The number of carbonyl (C=O) groups is 2. The number of halogens is 4. The van der Waals surface area contributed by atoms with Crippen LogP contribution in [0, 0.1) is 0 Å². The monoisotopic (exact) mass is 683 g/mol. The maximum absolute atomic E-state index is 13.1. The Morgan fingerprint density at radius 1 is 1.18 bits per heavy atom. The van der Waals surface area contributed by atoms with Gasteiger partial charge in [-0.1, -0.05) is 75.9 Å². The van der Waals surface area contributed by atoms with Crippen molar-refractivity contribution in [2.24, 2.45) is 0 Å². The van der Waals surface area contributed by atoms with Crippen LogP contribution in [-0.2, 0) is 16.1 Å². The molecule has 3 heterocycles. The molecule has 0 spiro atoms. The molecule has 2 unspecified atom stereocenters. The first-order chi connectivity index (χ1) is 20.7. The highest BCUT2D eigenvalue weighted by atomic mass is 35.5. The van der Waals surface area contributed by atoms with E-state index >= 15 is 0 Å². The molecule has 5 rings (SSSR count). The van der Waals surface area contributed by atoms with Crippen LogP contribution in [0.15, 0.2) is 60.6 Å². The summed E-state index contributed by atoms with van der Waals surface area (Å²) in [6.45, 7) is 6.80. The van der Waals surface area contributed by atoms with Crippen molar-refractivity contribution in [3.63, 3.8) is 0 Å². The zero-order valence-electron chi connectivity index (χ0n) is 24.2. The number of amides is 2. The summed E-state index contributed by atoms with van der Waals surface area (Å²) in [7, 11) is 0. The molecule has 2 amide bonds. The molecule has 1 aromatic carbocycles. The number of carbonyl (C=O) groups excluding carboxylic acids is 2. The van der Waals surface area contributed by atoms with Crippen LogP contribution in [0.2, 0.25) is 10.0 Å². The first-order valence-electron chi connectivity index (χ1n) is 13.7. The topological polar surface area (TPSA) is 119 Å². The van der Waals surface area contributed by atoms with E-state index in [4.69, 9.17) is 64.5 Å². The van der Waals surface area contributed by atoms with Crippen molar-refractivity contribution in [1.82, 2.24) is 15.0 Å². The minimum absolute atomic E-state index is 0.0645. The van der Waals surface area contributed by atoms with Crippen LogP contribution in [0.3, 0.4) is 0 Å². The summed E-state index contributed by atoms with van der Waals surface area (Å²) < 4.78 is 20.3. The van der Waals surface area contributed by atoms with Gasteiger partial charge in [0, 0.05) is 30.7 Å². The van der Waals surface area contributed by atoms with Gasteiger partial charge in [0.1, 0.15) is 11.3 Å². The minimum Gasteiger partial charge on any atom is -0.444 e. The number of likely N-dealkylation sites (tertiary alicyclic amines) is 1. The normalized spacial score (nSPS) is 19.6. The van der Waals surface area contributed by atoms with Crippen molar-refractivity contribution in [1.29, 1.82) is 0 Å². The number of rotatable bonds is 6. The Morgan fingerprint density at radius 2 is 1.89 bits per heavy atom. The molecule has 2 aliphatic rings. The molecule has 1 aliphatic heterocycles. The second kappa shape index (κ2) is 12.3. The van der Waals surface area contributed by atoms with Gasteiger partial charge in [0.05, 0.1) is 28.7 Å². The van der Waals surface area contributed by atoms with E-state index in [0.29, 0.717) is 46.3 Å². The fourth-order valence-corrected chi connectivity index (χ4v) is 6.56. The molecule has 1 saturated heterocycles. The molecule has 2 aromatic heterocycles. The van der Waals surface area contributed by atoms with Gasteiger partial charge in [-0.2, -0.15) is 0 Å². The Kier molecular flexibility index (Phi) is 9.01. The zero-order valence-corrected chi connectivity index (χ0v) is 27.3. The molecular weight excluding hydrogens is 656 g/mol. The molecule has 1 aliphatic carbocycles. The Bertz CT molecular complexity index is 1680. The third-order valence-electron chi connectivity index (χ3n) is 7.19. The fourth-order valence-electron chi connectivity index (χ4n) is 5.28. The number of ether oxygens (including phenoxy) is 1. The average molecular weight is 685 g/mol. The highest BCUT2D eigenvalue weighted by molar-refractivity contribution is 6.55. The Balaban J connectivity index is 1.43. The van der Waals surface area contributed by atoms with E-state index in [1.807, 2.05) is 0 Å². The lowest BCUT2D eigenvalue weighted by molar-refractivity contribution is -0.131. The smallest absolute Gasteiger partial charge is 0.444 e. The lowest BCUT2D eigenvalue weighted by Crippen LogP contribution is -2.48. The Morgan fingerprint density at radius 3 is 2.55 bits per heavy atom. The predicted octanol–water partition coefficient (Wildman–Crippen LogP) is 7.81. The number of benzene rings is 1. The standard InChI is InChI=1S/C30H29Cl4N3O7/c1-16(38)37(15-23-26(42-28(40)41-23)21-11-7-13-36(21)27(39)43-29(2,3)4)24-12-5-8-17(30(24,33)34)22-14-20(35-44-22)25-18(31)9-6-10-19(25)32/h5-6,8-10,12,14,21,24H,7,11,13,15H2,1-4H3. The molecule has 0 bridgehead atoms. The first-order valence-corrected chi connectivity index (χ1v) is 15.3. The third-order valence-corrected chi connectivity index (χ3v) is 8.68. The molecule has 0 N–H and O–H groups in total. The van der Waals surface area contributed by atoms with Gasteiger partial charge >= 0.3 is 11.9 Å². The second-order valence-corrected chi connectivity index (χ2v) is 13.6. The van der Waals surface area contributed by atoms with Gasteiger partial charge in [0.15, 0.2) is 21.6 Å². The number of allylic oxidation sites excluding steroid dienone is 2. The molecule has 0 saturated carbocycles. The summed E-state index contributed by atoms with van der Waals surface area (Å²) in [6, 6.07) is 5.09. The predicted molar refractivity (Wildman–Crippen MR) is 166 cm³/mol. The van der Waals surface area contributed by atoms with E-state index in [1.165, 1.54) is 16.7 Å². The van der Waals surface area contributed by atoms with Gasteiger partial charge in [-0.25, -0.2) is 9.59 Å². The summed E-state index contributed by atoms with van der Waals surface area (Å²) in [5.74, 6) is -0.961. The Hall–Kier alpha value is -3.18. The first kappa shape index (κ1) is 32.2. The summed E-state index contributed by atoms with van der Waals surface area (Å²) in [6.07, 6.45) is 5.58. The molecule has 2 atom stereocenters. The summed E-state index contributed by atoms with van der Waals surface area (Å²) in [5, 5.41) is 4.87. The molecule has 10 nitrogen and oxygen atoms in total. The summed E-state index contributed by atoms with van der Waals surface area (Å²) >= 11 is 26.7. The number of aromatic nitrogens is 1. The van der Waals surface area contributed by atoms with Gasteiger partial charge < -0.3 is 23.0 Å². The minimum atomic E-state index is -1.73. The third kappa shape index (κ3) is 6.44. The number of hydrogen-bond acceptors (Lipinski definition) is 8. The maximum Gasteiger partial charge on any atom is 0.519 e. The van der Waals surface area contributed by atoms with Crippen LogP contribution < -0.4 is 5.82 Å². The molecular formula is C30H29Cl4N3O7. The number of nitrogens with zero attached hydrogens (tertiary/aromatic N) is 3. The average Bonchev–Trinajstić information content (AvgIpc) is 3.66. The molecule has 0 radical (unpaired) electrons. The molecule has 3 aromatic rings. The van der Waals surface area contributed by atoms with E-state index in [0.717, 1.165) is 0 Å². The van der Waals surface area contributed by atoms with Crippen LogP contribution >= 0.6 is 46.4 Å². The van der Waals surface area contributed by atoms with E-state index in [-0.39, 0.29) is 23.8 Å². The van der Waals surface area contributed by atoms with Crippen molar-refractivity contribution >= 4 is 64.0 Å². The largest absolute Gasteiger partial charge is 0.519 e. The van der Waals surface area contributed by atoms with Crippen molar-refractivity contribution in [2.45, 2.75) is 69.1 Å². The highest BCUT2D eigenvalue weighted by Gasteiger charge is 2.46. The quantitative estimate of drug-likeness (QED) is 0.241. The summed E-state index contributed by atoms with van der Waals surface area (Å²) in [4.78, 5) is 41.2. The molecule has 1 fully saturated rings. The van der Waals surface area contributed by atoms with Gasteiger partial charge in [0.25, 0.3) is 0 Å². The van der Waals surface area contributed by atoms with Crippen molar-refractivity contribution < 1.29 is 27.7 Å². The van der Waals surface area contributed by atoms with E-state index in [9.17, 15) is 14.4 Å². The Labute approximate surface area is 273 Å². The van der Waals surface area contributed by atoms with Gasteiger partial charge in [-0.15, -0.1) is 0 Å². The van der Waals surface area contributed by atoms with Crippen LogP contribution in [-0.4, -0.2) is 49.5 Å². The van der Waals surface area contributed by atoms with Crippen molar-refractivity contribution in [3.05, 3.63) is 80.4 Å². The maximum atomic E-state index is 13.1. The fraction of sp³-hybridized carbons (Fsp3) is 0.400. The van der Waals surface area contributed by atoms with E-state index in [1.54, 1.807) is 63.3 Å². The second-order valence-electron chi connectivity index (χ2n) is 11.4. The van der Waals surface area contributed by atoms with E-state index < -0.39 is 39.8 Å². The highest BCUT2D eigenvalue weighted by Crippen LogP contribution is 2.47. The van der Waals surface area contributed by atoms with Gasteiger partial charge in [-0.05, 0) is 45.7 Å². The van der Waals surface area contributed by atoms with Gasteiger partial charge in [-0.3, -0.25) is 9.69 Å². The van der Waals surface area contributed by atoms with Crippen LogP contribution in [0.5, 0.6) is 0 Å². The summed E-state index contributed by atoms with van der Waals surface area (Å²) in [5.41, 5.74) is 0.444. The lowest BCUT2D eigenvalue weighted by atomic mass is 9.95. The van der Waals surface area contributed by atoms with Crippen molar-refractivity contribution in [2.75, 3.05) is 6.54 Å². The van der Waals surface area contributed by atoms with E-state index in [2.05, 4.69) is 5.16 Å². The SMILES string of the molecule is CC(=O)N(Cc1oc(=O)oc1C1CCCN1C(=O)OC(C)(C)C)C1C=CC=C(c2cc(-c3c(Cl)cccc3Cl)no2)C1(Cl)Cl. The molecule has 44 heavy (non-hydrogen) atoms. The van der Waals surface area contributed by atoms with Gasteiger partial charge in [0.2, 0.25) is 5.91 Å². The zero-order chi connectivity index (χ0) is 32.0. The lowest BCUT2D eigenvalue weighted by Gasteiger charge is -2.38.